The van der Waals surface area contributed by atoms with E-state index in [1.165, 1.54) is 58.7 Å². The Morgan fingerprint density at radius 3 is 2.40 bits per heavy atom. The van der Waals surface area contributed by atoms with E-state index in [1.54, 1.807) is 12.1 Å². The quantitative estimate of drug-likeness (QED) is 0.133. The molecule has 13 heteroatoms. The highest BCUT2D eigenvalue weighted by molar-refractivity contribution is 7.07. The van der Waals surface area contributed by atoms with E-state index in [0.717, 1.165) is 28.7 Å². The molecule has 8 nitrogen and oxygen atoms in total. The molecule has 0 fully saturated rings. The van der Waals surface area contributed by atoms with Crippen LogP contribution in [-0.4, -0.2) is 37.9 Å². The van der Waals surface area contributed by atoms with Crippen molar-refractivity contribution in [3.8, 4) is 28.5 Å². The normalized spacial score (nSPS) is 13.1. The van der Waals surface area contributed by atoms with Gasteiger partial charge in [-0.3, -0.25) is 4.57 Å². The van der Waals surface area contributed by atoms with Crippen molar-refractivity contribution in [2.75, 3.05) is 0 Å². The highest BCUT2D eigenvalue weighted by Gasteiger charge is 2.31. The van der Waals surface area contributed by atoms with Crippen molar-refractivity contribution < 1.29 is 27.1 Å². The number of benzene rings is 3. The molecule has 0 saturated carbocycles. The summed E-state index contributed by atoms with van der Waals surface area (Å²) < 4.78 is 59.4. The van der Waals surface area contributed by atoms with E-state index in [4.69, 9.17) is 0 Å². The number of hydrogen-bond acceptors (Lipinski definition) is 5. The molecule has 45 heavy (non-hydrogen) atoms. The van der Waals surface area contributed by atoms with Crippen LogP contribution in [0.15, 0.2) is 88.4 Å². The van der Waals surface area contributed by atoms with Gasteiger partial charge in [0.25, 0.3) is 0 Å². The van der Waals surface area contributed by atoms with Gasteiger partial charge in [0.2, 0.25) is 0 Å². The maximum Gasteiger partial charge on any atom is 0.573 e. The van der Waals surface area contributed by atoms with E-state index in [0.29, 0.717) is 21.9 Å². The number of aryl methyl sites for hydroxylation is 2. The van der Waals surface area contributed by atoms with E-state index in [-0.39, 0.29) is 17.2 Å². The standard InChI is InChI=1S/C32H28F4N6O2S/c1-19(2)26-14-5-20(3)15-28(26)42-21(4)17-45-31(42)39-30(43)37-16-27(33)22-6-8-23(9-7-22)29-38-18-41(40-29)24-10-12-25(13-11-24)44-32(34,35)36/h5-19,27H,1-4H3. The van der Waals surface area contributed by atoms with E-state index >= 15 is 4.39 Å². The van der Waals surface area contributed by atoms with Gasteiger partial charge in [-0.1, -0.05) is 50.2 Å². The van der Waals surface area contributed by atoms with Crippen LogP contribution in [0, 0.1) is 13.8 Å². The number of carbonyl (C=O) groups excluding carboxylic acids is 1. The van der Waals surface area contributed by atoms with Crippen LogP contribution in [0.5, 0.6) is 5.75 Å². The Morgan fingerprint density at radius 2 is 1.73 bits per heavy atom. The van der Waals surface area contributed by atoms with Gasteiger partial charge < -0.3 is 4.74 Å². The molecule has 0 N–H and O–H groups in total. The minimum Gasteiger partial charge on any atom is -0.406 e. The molecule has 2 heterocycles. The number of nitrogens with zero attached hydrogens (tertiary/aromatic N) is 6. The summed E-state index contributed by atoms with van der Waals surface area (Å²) in [5.74, 6) is 0.222. The number of rotatable bonds is 7. The summed E-state index contributed by atoms with van der Waals surface area (Å²) in [6.45, 7) is 8.14. The Bertz CT molecular complexity index is 1910. The van der Waals surface area contributed by atoms with Crippen LogP contribution >= 0.6 is 11.3 Å². The summed E-state index contributed by atoms with van der Waals surface area (Å²) in [6.07, 6.45) is -4.13. The summed E-state index contributed by atoms with van der Waals surface area (Å²) in [5, 5.41) is 6.25. The molecule has 0 aliphatic carbocycles. The van der Waals surface area contributed by atoms with Crippen molar-refractivity contribution in [2.45, 2.75) is 46.1 Å². The van der Waals surface area contributed by atoms with Crippen LogP contribution in [0.1, 0.15) is 48.3 Å². The van der Waals surface area contributed by atoms with E-state index in [2.05, 4.69) is 50.8 Å². The van der Waals surface area contributed by atoms with E-state index in [9.17, 15) is 18.0 Å². The summed E-state index contributed by atoms with van der Waals surface area (Å²) in [7, 11) is 0. The van der Waals surface area contributed by atoms with Crippen LogP contribution in [0.4, 0.5) is 22.4 Å². The highest BCUT2D eigenvalue weighted by Crippen LogP contribution is 2.26. The molecule has 5 aromatic rings. The fourth-order valence-electron chi connectivity index (χ4n) is 4.56. The number of carbonyl (C=O) groups is 1. The van der Waals surface area contributed by atoms with Gasteiger partial charge in [-0.2, -0.15) is 4.99 Å². The van der Waals surface area contributed by atoms with E-state index in [1.807, 2.05) is 29.9 Å². The fraction of sp³-hybridized carbons (Fsp3) is 0.219. The van der Waals surface area contributed by atoms with Crippen LogP contribution in [0.2, 0.25) is 0 Å². The number of aliphatic imine (C=N–C) groups is 1. The van der Waals surface area contributed by atoms with Crippen molar-refractivity contribution in [3.63, 3.8) is 0 Å². The van der Waals surface area contributed by atoms with Gasteiger partial charge in [0.1, 0.15) is 12.1 Å². The van der Waals surface area contributed by atoms with Crippen LogP contribution in [0.25, 0.3) is 22.8 Å². The lowest BCUT2D eigenvalue weighted by molar-refractivity contribution is -0.274. The Hall–Kier alpha value is -4.91. The number of alkyl halides is 4. The van der Waals surface area contributed by atoms with Gasteiger partial charge in [-0.25, -0.2) is 23.8 Å². The molecule has 0 bridgehead atoms. The average molecular weight is 637 g/mol. The SMILES string of the molecule is Cc1ccc(C(C)C)c(-n2c(C)csc2=NC(=O)N=CC(F)c2ccc(-c3ncn(-c4ccc(OC(F)(F)F)cc4)n3)cc2)c1. The van der Waals surface area contributed by atoms with Gasteiger partial charge in [-0.15, -0.1) is 29.6 Å². The second-order valence-electron chi connectivity index (χ2n) is 10.5. The summed E-state index contributed by atoms with van der Waals surface area (Å²) >= 11 is 1.31. The molecule has 1 atom stereocenters. The van der Waals surface area contributed by atoms with Gasteiger partial charge in [0.15, 0.2) is 16.8 Å². The van der Waals surface area contributed by atoms with Crippen molar-refractivity contribution in [1.29, 1.82) is 0 Å². The largest absolute Gasteiger partial charge is 0.573 e. The van der Waals surface area contributed by atoms with Crippen LogP contribution in [0.3, 0.4) is 0 Å². The third kappa shape index (κ3) is 7.60. The zero-order chi connectivity index (χ0) is 32.3. The number of hydrogen-bond donors (Lipinski definition) is 0. The number of ether oxygens (including phenoxy) is 1. The molecular weight excluding hydrogens is 608 g/mol. The molecule has 2 amide bonds. The molecular formula is C32H28F4N6O2S. The molecule has 0 radical (unpaired) electrons. The van der Waals surface area contributed by atoms with Crippen molar-refractivity contribution in [2.24, 2.45) is 9.98 Å². The minimum atomic E-state index is -4.78. The smallest absolute Gasteiger partial charge is 0.406 e. The molecule has 5 rings (SSSR count). The summed E-state index contributed by atoms with van der Waals surface area (Å²) in [5.41, 5.74) is 5.36. The van der Waals surface area contributed by atoms with Gasteiger partial charge >= 0.3 is 12.4 Å². The summed E-state index contributed by atoms with van der Waals surface area (Å²) in [6, 6.07) is 16.8. The van der Waals surface area contributed by atoms with Crippen molar-refractivity contribution >= 4 is 23.6 Å². The minimum absolute atomic E-state index is 0.252. The lowest BCUT2D eigenvalue weighted by atomic mass is 9.99. The predicted octanol–water partition coefficient (Wildman–Crippen LogP) is 8.23. The molecule has 1 unspecified atom stereocenters. The van der Waals surface area contributed by atoms with Crippen LogP contribution in [-0.2, 0) is 0 Å². The number of halogens is 4. The zero-order valence-corrected chi connectivity index (χ0v) is 25.5. The zero-order valence-electron chi connectivity index (χ0n) is 24.7. The fourth-order valence-corrected chi connectivity index (χ4v) is 5.42. The first kappa shape index (κ1) is 31.5. The second-order valence-corrected chi connectivity index (χ2v) is 11.3. The van der Waals surface area contributed by atoms with Gasteiger partial charge in [0, 0.05) is 22.9 Å². The lowest BCUT2D eigenvalue weighted by Gasteiger charge is -2.16. The topological polar surface area (TPSA) is 86.7 Å². The monoisotopic (exact) mass is 636 g/mol. The molecule has 0 saturated heterocycles. The maximum atomic E-state index is 15.0. The van der Waals surface area contributed by atoms with Gasteiger partial charge in [-0.05, 0) is 66.8 Å². The Morgan fingerprint density at radius 1 is 1.02 bits per heavy atom. The summed E-state index contributed by atoms with van der Waals surface area (Å²) in [4.78, 5) is 25.2. The molecule has 0 spiro atoms. The van der Waals surface area contributed by atoms with E-state index < -0.39 is 18.6 Å². The molecule has 3 aromatic carbocycles. The van der Waals surface area contributed by atoms with Crippen LogP contribution < -0.4 is 9.54 Å². The first-order valence-electron chi connectivity index (χ1n) is 13.8. The lowest BCUT2D eigenvalue weighted by Crippen LogP contribution is -2.18. The molecule has 0 aliphatic rings. The number of amides is 2. The first-order chi connectivity index (χ1) is 21.4. The van der Waals surface area contributed by atoms with Crippen molar-refractivity contribution in [1.82, 2.24) is 19.3 Å². The molecule has 2 aromatic heterocycles. The predicted molar refractivity (Wildman–Crippen MR) is 164 cm³/mol. The highest BCUT2D eigenvalue weighted by atomic mass is 32.1. The number of aromatic nitrogens is 4. The first-order valence-corrected chi connectivity index (χ1v) is 14.7. The molecule has 0 aliphatic heterocycles. The second kappa shape index (κ2) is 13.0. The molecule has 232 valence electrons. The number of urea groups is 1. The Balaban J connectivity index is 1.28. The average Bonchev–Trinajstić information content (AvgIpc) is 3.62. The van der Waals surface area contributed by atoms with Crippen molar-refractivity contribution in [3.05, 3.63) is 106 Å². The Labute approximate surface area is 260 Å². The number of thiazole rings is 1. The third-order valence-corrected chi connectivity index (χ3v) is 7.69. The van der Waals surface area contributed by atoms with Gasteiger partial charge in [0.05, 0.1) is 11.4 Å². The third-order valence-electron chi connectivity index (χ3n) is 6.75. The Kier molecular flexibility index (Phi) is 9.09. The maximum absolute atomic E-state index is 15.0.